The van der Waals surface area contributed by atoms with Gasteiger partial charge in [-0.15, -0.1) is 0 Å². The van der Waals surface area contributed by atoms with Crippen molar-refractivity contribution in [3.05, 3.63) is 79.2 Å². The van der Waals surface area contributed by atoms with Gasteiger partial charge in [0.2, 0.25) is 0 Å². The molecule has 0 N–H and O–H groups in total. The Labute approximate surface area is 220 Å². The summed E-state index contributed by atoms with van der Waals surface area (Å²) in [5.74, 6) is -0.148. The molecule has 2 aromatic heterocycles. The topological polar surface area (TPSA) is 100 Å². The molecule has 0 amide bonds. The molecule has 0 unspecified atom stereocenters. The Hall–Kier alpha value is -3.40. The van der Waals surface area contributed by atoms with Crippen molar-refractivity contribution in [1.29, 1.82) is 0 Å². The van der Waals surface area contributed by atoms with Gasteiger partial charge in [-0.05, 0) is 42.6 Å². The SMILES string of the molecule is CO/N=C(/C(=O)OC)c1ccccc1COc1cc2oc(=O)c(C)c(-c3snc(Cl)c3Cl)c2cc1C. The Morgan fingerprint density at radius 3 is 2.58 bits per heavy atom. The van der Waals surface area contributed by atoms with Crippen molar-refractivity contribution in [3.8, 4) is 16.2 Å². The van der Waals surface area contributed by atoms with E-state index in [0.29, 0.717) is 43.8 Å². The highest BCUT2D eigenvalue weighted by atomic mass is 35.5. The normalized spacial score (nSPS) is 11.6. The van der Waals surface area contributed by atoms with Gasteiger partial charge in [0.25, 0.3) is 0 Å². The molecular formula is C25H20Cl2N2O6S. The van der Waals surface area contributed by atoms with Gasteiger partial charge >= 0.3 is 11.6 Å². The molecule has 0 aliphatic heterocycles. The Bertz CT molecular complexity index is 1560. The highest BCUT2D eigenvalue weighted by molar-refractivity contribution is 7.11. The maximum absolute atomic E-state index is 12.6. The van der Waals surface area contributed by atoms with Crippen LogP contribution < -0.4 is 10.4 Å². The van der Waals surface area contributed by atoms with Crippen LogP contribution in [0.4, 0.5) is 0 Å². The Morgan fingerprint density at radius 2 is 1.92 bits per heavy atom. The smallest absolute Gasteiger partial charge is 0.360 e. The number of carbonyl (C=O) groups is 1. The number of fused-ring (bicyclic) bond motifs is 1. The molecular weight excluding hydrogens is 527 g/mol. The van der Waals surface area contributed by atoms with Gasteiger partial charge in [0.05, 0.1) is 17.0 Å². The molecule has 4 rings (SSSR count). The maximum Gasteiger partial charge on any atom is 0.360 e. The largest absolute Gasteiger partial charge is 0.488 e. The average molecular weight is 547 g/mol. The third kappa shape index (κ3) is 4.82. The monoisotopic (exact) mass is 546 g/mol. The van der Waals surface area contributed by atoms with Gasteiger partial charge in [0, 0.05) is 28.1 Å². The summed E-state index contributed by atoms with van der Waals surface area (Å²) in [7, 11) is 2.61. The lowest BCUT2D eigenvalue weighted by atomic mass is 10.0. The van der Waals surface area contributed by atoms with E-state index in [0.717, 1.165) is 17.1 Å². The van der Waals surface area contributed by atoms with Crippen LogP contribution in [0.5, 0.6) is 5.75 Å². The predicted molar refractivity (Wildman–Crippen MR) is 139 cm³/mol. The molecule has 36 heavy (non-hydrogen) atoms. The van der Waals surface area contributed by atoms with Gasteiger partial charge in [-0.25, -0.2) is 9.59 Å². The summed E-state index contributed by atoms with van der Waals surface area (Å²) in [4.78, 5) is 30.3. The van der Waals surface area contributed by atoms with Gasteiger partial charge in [0.1, 0.15) is 25.0 Å². The number of benzene rings is 2. The number of hydrogen-bond acceptors (Lipinski definition) is 9. The van der Waals surface area contributed by atoms with E-state index in [2.05, 4.69) is 9.53 Å². The predicted octanol–water partition coefficient (Wildman–Crippen LogP) is 5.94. The number of hydrogen-bond donors (Lipinski definition) is 0. The molecule has 0 radical (unpaired) electrons. The zero-order valence-electron chi connectivity index (χ0n) is 19.7. The first kappa shape index (κ1) is 25.7. The van der Waals surface area contributed by atoms with E-state index in [-0.39, 0.29) is 22.5 Å². The van der Waals surface area contributed by atoms with Crippen LogP contribution in [-0.4, -0.2) is 30.3 Å². The quantitative estimate of drug-likeness (QED) is 0.122. The number of esters is 1. The first-order chi connectivity index (χ1) is 17.3. The lowest BCUT2D eigenvalue weighted by Gasteiger charge is -2.15. The first-order valence-corrected chi connectivity index (χ1v) is 12.1. The number of aryl methyl sites for hydroxylation is 1. The lowest BCUT2D eigenvalue weighted by Crippen LogP contribution is -2.19. The highest BCUT2D eigenvalue weighted by Gasteiger charge is 2.22. The number of halogens is 2. The van der Waals surface area contributed by atoms with Crippen molar-refractivity contribution in [3.63, 3.8) is 0 Å². The number of ether oxygens (including phenoxy) is 2. The molecule has 2 heterocycles. The summed E-state index contributed by atoms with van der Waals surface area (Å²) in [5.41, 5.74) is 2.83. The fraction of sp³-hybridized carbons (Fsp3) is 0.200. The van der Waals surface area contributed by atoms with Gasteiger partial charge in [-0.3, -0.25) is 0 Å². The van der Waals surface area contributed by atoms with E-state index >= 15 is 0 Å². The zero-order chi connectivity index (χ0) is 26.0. The third-order valence-corrected chi connectivity index (χ3v) is 7.29. The van der Waals surface area contributed by atoms with Crippen molar-refractivity contribution >= 4 is 57.4 Å². The molecule has 11 heteroatoms. The van der Waals surface area contributed by atoms with Crippen LogP contribution in [-0.2, 0) is 21.0 Å². The molecule has 0 aliphatic rings. The van der Waals surface area contributed by atoms with Crippen LogP contribution >= 0.6 is 34.7 Å². The van der Waals surface area contributed by atoms with E-state index in [9.17, 15) is 9.59 Å². The Balaban J connectivity index is 1.75. The fourth-order valence-electron chi connectivity index (χ4n) is 3.71. The van der Waals surface area contributed by atoms with Crippen LogP contribution in [0.3, 0.4) is 0 Å². The lowest BCUT2D eigenvalue weighted by molar-refractivity contribution is -0.132. The number of nitrogens with zero attached hydrogens (tertiary/aromatic N) is 2. The van der Waals surface area contributed by atoms with Crippen molar-refractivity contribution in [2.24, 2.45) is 5.16 Å². The molecule has 186 valence electrons. The molecule has 4 aromatic rings. The summed E-state index contributed by atoms with van der Waals surface area (Å²) in [6, 6.07) is 10.6. The van der Waals surface area contributed by atoms with Crippen molar-refractivity contribution < 1.29 is 23.5 Å². The summed E-state index contributed by atoms with van der Waals surface area (Å²) in [6.45, 7) is 3.64. The highest BCUT2D eigenvalue weighted by Crippen LogP contribution is 2.42. The van der Waals surface area contributed by atoms with Gasteiger partial charge in [-0.2, -0.15) is 4.37 Å². The average Bonchev–Trinajstić information content (AvgIpc) is 3.20. The minimum absolute atomic E-state index is 0.0145. The maximum atomic E-state index is 12.6. The minimum atomic E-state index is -0.641. The second-order valence-corrected chi connectivity index (χ2v) is 9.19. The number of oxime groups is 1. The molecule has 0 saturated carbocycles. The Kier molecular flexibility index (Phi) is 7.63. The molecule has 0 fully saturated rings. The summed E-state index contributed by atoms with van der Waals surface area (Å²) in [6.07, 6.45) is 0. The van der Waals surface area contributed by atoms with Gasteiger partial charge in [-0.1, -0.05) is 52.6 Å². The second kappa shape index (κ2) is 10.7. The van der Waals surface area contributed by atoms with E-state index in [1.165, 1.54) is 14.2 Å². The molecule has 0 bridgehead atoms. The molecule has 8 nitrogen and oxygen atoms in total. The zero-order valence-corrected chi connectivity index (χ0v) is 22.0. The van der Waals surface area contributed by atoms with Gasteiger partial charge in [0.15, 0.2) is 10.9 Å². The standard InChI is InChI=1S/C25H20Cl2N2O6S/c1-12-9-16-18(35-24(30)13(2)19(16)22-20(26)23(27)29-36-22)10-17(12)34-11-14-7-5-6-8-15(14)21(28-33-4)25(31)32-3/h5-10H,11H2,1-4H3/b28-21+. The molecule has 0 saturated heterocycles. The van der Waals surface area contributed by atoms with E-state index in [4.69, 9.17) is 41.9 Å². The van der Waals surface area contributed by atoms with Gasteiger partial charge < -0.3 is 18.7 Å². The number of carbonyl (C=O) groups excluding carboxylic acids is 1. The van der Waals surface area contributed by atoms with Crippen LogP contribution in [0, 0.1) is 13.8 Å². The minimum Gasteiger partial charge on any atom is -0.488 e. The molecule has 0 atom stereocenters. The molecule has 0 aliphatic carbocycles. The number of methoxy groups -OCH3 is 1. The van der Waals surface area contributed by atoms with Crippen LogP contribution in [0.15, 0.2) is 50.8 Å². The Morgan fingerprint density at radius 1 is 1.17 bits per heavy atom. The van der Waals surface area contributed by atoms with Crippen molar-refractivity contribution in [2.45, 2.75) is 20.5 Å². The van der Waals surface area contributed by atoms with Crippen molar-refractivity contribution in [2.75, 3.05) is 14.2 Å². The summed E-state index contributed by atoms with van der Waals surface area (Å²) >= 11 is 13.5. The van der Waals surface area contributed by atoms with Crippen LogP contribution in [0.1, 0.15) is 22.3 Å². The van der Waals surface area contributed by atoms with E-state index in [1.54, 1.807) is 31.2 Å². The summed E-state index contributed by atoms with van der Waals surface area (Å²) < 4.78 is 20.6. The van der Waals surface area contributed by atoms with Crippen LogP contribution in [0.25, 0.3) is 21.4 Å². The second-order valence-electron chi connectivity index (χ2n) is 7.68. The number of rotatable bonds is 7. The molecule has 2 aromatic carbocycles. The number of aromatic nitrogens is 1. The molecule has 0 spiro atoms. The van der Waals surface area contributed by atoms with E-state index < -0.39 is 11.6 Å². The van der Waals surface area contributed by atoms with Crippen LogP contribution in [0.2, 0.25) is 10.2 Å². The fourth-order valence-corrected chi connectivity index (χ4v) is 5.05. The van der Waals surface area contributed by atoms with Crippen molar-refractivity contribution in [1.82, 2.24) is 4.37 Å². The first-order valence-electron chi connectivity index (χ1n) is 10.6. The third-order valence-electron chi connectivity index (χ3n) is 5.47. The van der Waals surface area contributed by atoms with E-state index in [1.807, 2.05) is 19.1 Å². The summed E-state index contributed by atoms with van der Waals surface area (Å²) in [5, 5.41) is 4.96.